The third-order valence-electron chi connectivity index (χ3n) is 6.66. The highest BCUT2D eigenvalue weighted by molar-refractivity contribution is 9.10. The average Bonchev–Trinajstić information content (AvgIpc) is 3.43. The Bertz CT molecular complexity index is 1380. The second-order valence-corrected chi connectivity index (χ2v) is 9.96. The number of carboxylic acid groups (broad SMARTS) is 1. The molecule has 1 aliphatic carbocycles. The normalized spacial score (nSPS) is 18.1. The predicted octanol–water partition coefficient (Wildman–Crippen LogP) is 5.66. The van der Waals surface area contributed by atoms with Crippen LogP contribution in [0, 0.1) is 11.7 Å². The Balaban J connectivity index is 1.57. The van der Waals surface area contributed by atoms with Gasteiger partial charge in [0.1, 0.15) is 24.0 Å². The molecule has 1 N–H and O–H groups in total. The summed E-state index contributed by atoms with van der Waals surface area (Å²) in [6, 6.07) is 12.4. The number of halogens is 2. The Labute approximate surface area is 210 Å². The molecule has 2 aromatic carbocycles. The van der Waals surface area contributed by atoms with Gasteiger partial charge in [0.2, 0.25) is 0 Å². The van der Waals surface area contributed by atoms with Gasteiger partial charge in [-0.25, -0.2) is 9.37 Å². The molecule has 5 rings (SSSR count). The van der Waals surface area contributed by atoms with Gasteiger partial charge < -0.3 is 14.4 Å². The fourth-order valence-electron chi connectivity index (χ4n) is 4.93. The molecule has 9 heteroatoms. The molecule has 0 aliphatic heterocycles. The van der Waals surface area contributed by atoms with E-state index >= 15 is 0 Å². The van der Waals surface area contributed by atoms with Crippen molar-refractivity contribution in [2.45, 2.75) is 44.8 Å². The van der Waals surface area contributed by atoms with Gasteiger partial charge >= 0.3 is 5.97 Å². The van der Waals surface area contributed by atoms with Crippen LogP contribution in [0.3, 0.4) is 0 Å². The van der Waals surface area contributed by atoms with Crippen molar-refractivity contribution in [2.75, 3.05) is 0 Å². The van der Waals surface area contributed by atoms with E-state index in [1.165, 1.54) is 6.07 Å². The summed E-state index contributed by atoms with van der Waals surface area (Å²) in [5.74, 6) is -0.533. The zero-order chi connectivity index (χ0) is 24.5. The van der Waals surface area contributed by atoms with E-state index < -0.39 is 11.9 Å². The van der Waals surface area contributed by atoms with Crippen molar-refractivity contribution in [1.29, 1.82) is 0 Å². The number of carboxylic acids is 1. The summed E-state index contributed by atoms with van der Waals surface area (Å²) in [5.41, 5.74) is 2.83. The van der Waals surface area contributed by atoms with Crippen LogP contribution in [-0.2, 0) is 25.0 Å². The van der Waals surface area contributed by atoms with E-state index in [0.717, 1.165) is 40.5 Å². The molecule has 0 unspecified atom stereocenters. The molecule has 35 heavy (non-hydrogen) atoms. The van der Waals surface area contributed by atoms with Crippen LogP contribution < -0.4 is 4.74 Å². The lowest BCUT2D eigenvalue weighted by Gasteiger charge is -2.28. The number of benzene rings is 2. The van der Waals surface area contributed by atoms with Crippen molar-refractivity contribution in [3.05, 3.63) is 76.0 Å². The van der Waals surface area contributed by atoms with Crippen LogP contribution in [0.15, 0.2) is 53.1 Å². The standard InChI is InChI=1S/C26H26BrFN4O3/c1-31-11-10-18(30-31)15-35-19-7-9-23-24(13-19)32(14-16-12-17(27)6-8-22(16)28)25(29-23)20-4-2-3-5-21(20)26(33)34/h6-13,20-21H,2-5,14-15H2,1H3,(H,33,34)/t20-,21+/m1/s1. The summed E-state index contributed by atoms with van der Waals surface area (Å²) < 4.78 is 25.2. The van der Waals surface area contributed by atoms with Crippen LogP contribution in [0.25, 0.3) is 11.0 Å². The predicted molar refractivity (Wildman–Crippen MR) is 133 cm³/mol. The maximum absolute atomic E-state index is 14.7. The molecule has 7 nitrogen and oxygen atoms in total. The lowest BCUT2D eigenvalue weighted by atomic mass is 9.78. The van der Waals surface area contributed by atoms with Crippen LogP contribution in [0.2, 0.25) is 0 Å². The smallest absolute Gasteiger partial charge is 0.307 e. The van der Waals surface area contributed by atoms with Gasteiger partial charge in [0.15, 0.2) is 0 Å². The number of rotatable bonds is 7. The highest BCUT2D eigenvalue weighted by Crippen LogP contribution is 2.39. The zero-order valence-corrected chi connectivity index (χ0v) is 20.9. The average molecular weight is 541 g/mol. The van der Waals surface area contributed by atoms with Crippen molar-refractivity contribution in [3.8, 4) is 5.75 Å². The molecule has 2 aromatic heterocycles. The second-order valence-electron chi connectivity index (χ2n) is 9.05. The summed E-state index contributed by atoms with van der Waals surface area (Å²) >= 11 is 3.43. The molecular weight excluding hydrogens is 515 g/mol. The van der Waals surface area contributed by atoms with Crippen molar-refractivity contribution >= 4 is 32.9 Å². The third kappa shape index (κ3) is 4.96. The van der Waals surface area contributed by atoms with Gasteiger partial charge in [-0.3, -0.25) is 9.48 Å². The molecule has 1 fully saturated rings. The topological polar surface area (TPSA) is 82.2 Å². The van der Waals surface area contributed by atoms with E-state index in [9.17, 15) is 14.3 Å². The summed E-state index contributed by atoms with van der Waals surface area (Å²) in [6.45, 7) is 0.557. The molecule has 0 saturated heterocycles. The number of fused-ring (bicyclic) bond motifs is 1. The van der Waals surface area contributed by atoms with E-state index in [-0.39, 0.29) is 18.3 Å². The van der Waals surface area contributed by atoms with E-state index in [1.54, 1.807) is 16.8 Å². The molecule has 4 aromatic rings. The van der Waals surface area contributed by atoms with Crippen LogP contribution in [-0.4, -0.2) is 30.4 Å². The quantitative estimate of drug-likeness (QED) is 0.327. The minimum absolute atomic E-state index is 0.234. The molecular formula is C26H26BrFN4O3. The number of imidazole rings is 1. The zero-order valence-electron chi connectivity index (χ0n) is 19.3. The molecule has 0 bridgehead atoms. The van der Waals surface area contributed by atoms with Crippen molar-refractivity contribution in [3.63, 3.8) is 0 Å². The lowest BCUT2D eigenvalue weighted by Crippen LogP contribution is -2.28. The Hall–Kier alpha value is -3.20. The van der Waals surface area contributed by atoms with Crippen molar-refractivity contribution < 1.29 is 19.0 Å². The Morgan fingerprint density at radius 2 is 2.03 bits per heavy atom. The lowest BCUT2D eigenvalue weighted by molar-refractivity contribution is -0.143. The number of aryl methyl sites for hydroxylation is 1. The Morgan fingerprint density at radius 3 is 2.80 bits per heavy atom. The molecule has 0 amide bonds. The van der Waals surface area contributed by atoms with Gasteiger partial charge in [-0.05, 0) is 49.2 Å². The van der Waals surface area contributed by atoms with Crippen molar-refractivity contribution in [2.24, 2.45) is 13.0 Å². The summed E-state index contributed by atoms with van der Waals surface area (Å²) in [6.07, 6.45) is 5.05. The molecule has 1 saturated carbocycles. The summed E-state index contributed by atoms with van der Waals surface area (Å²) in [5, 5.41) is 14.2. The molecule has 1 aliphatic rings. The first kappa shape index (κ1) is 23.5. The molecule has 0 radical (unpaired) electrons. The number of carbonyl (C=O) groups is 1. The monoisotopic (exact) mass is 540 g/mol. The summed E-state index contributed by atoms with van der Waals surface area (Å²) in [4.78, 5) is 16.9. The highest BCUT2D eigenvalue weighted by atomic mass is 79.9. The third-order valence-corrected chi connectivity index (χ3v) is 7.15. The highest BCUT2D eigenvalue weighted by Gasteiger charge is 2.35. The van der Waals surface area contributed by atoms with E-state index in [2.05, 4.69) is 21.0 Å². The summed E-state index contributed by atoms with van der Waals surface area (Å²) in [7, 11) is 1.85. The van der Waals surface area contributed by atoms with E-state index in [4.69, 9.17) is 9.72 Å². The van der Waals surface area contributed by atoms with E-state index in [0.29, 0.717) is 30.2 Å². The van der Waals surface area contributed by atoms with Gasteiger partial charge in [-0.15, -0.1) is 0 Å². The fraction of sp³-hybridized carbons (Fsp3) is 0.346. The molecule has 0 spiro atoms. The second kappa shape index (κ2) is 9.81. The Kier molecular flexibility index (Phi) is 6.60. The number of hydrogen-bond acceptors (Lipinski definition) is 4. The first-order valence-corrected chi connectivity index (χ1v) is 12.5. The van der Waals surface area contributed by atoms with Crippen LogP contribution in [0.5, 0.6) is 5.75 Å². The number of aliphatic carboxylic acids is 1. The molecule has 2 heterocycles. The number of nitrogens with zero attached hydrogens (tertiary/aromatic N) is 4. The maximum Gasteiger partial charge on any atom is 0.307 e. The minimum atomic E-state index is -0.804. The van der Waals surface area contributed by atoms with E-state index in [1.807, 2.05) is 42.1 Å². The first-order chi connectivity index (χ1) is 16.9. The first-order valence-electron chi connectivity index (χ1n) is 11.7. The van der Waals surface area contributed by atoms with Crippen LogP contribution in [0.4, 0.5) is 4.39 Å². The minimum Gasteiger partial charge on any atom is -0.487 e. The van der Waals surface area contributed by atoms with Gasteiger partial charge in [0, 0.05) is 35.3 Å². The van der Waals surface area contributed by atoms with Gasteiger partial charge in [0.05, 0.1) is 29.2 Å². The van der Waals surface area contributed by atoms with Gasteiger partial charge in [-0.2, -0.15) is 5.10 Å². The maximum atomic E-state index is 14.7. The van der Waals surface area contributed by atoms with Gasteiger partial charge in [-0.1, -0.05) is 28.8 Å². The Morgan fingerprint density at radius 1 is 1.20 bits per heavy atom. The largest absolute Gasteiger partial charge is 0.487 e. The number of ether oxygens (including phenoxy) is 1. The SMILES string of the molecule is Cn1ccc(COc2ccc3nc([C@@H]4CCCC[C@@H]4C(=O)O)n(Cc4cc(Br)ccc4F)c3c2)n1. The van der Waals surface area contributed by atoms with Crippen LogP contribution >= 0.6 is 15.9 Å². The number of hydrogen-bond donors (Lipinski definition) is 1. The van der Waals surface area contributed by atoms with Crippen LogP contribution in [0.1, 0.15) is 48.7 Å². The fourth-order valence-corrected chi connectivity index (χ4v) is 5.34. The molecule has 2 atom stereocenters. The number of aromatic nitrogens is 4. The molecule has 182 valence electrons. The van der Waals surface area contributed by atoms with Gasteiger partial charge in [0.25, 0.3) is 0 Å². The van der Waals surface area contributed by atoms with Crippen molar-refractivity contribution in [1.82, 2.24) is 19.3 Å².